The molecule has 0 radical (unpaired) electrons. The van der Waals surface area contributed by atoms with Crippen molar-refractivity contribution in [3.05, 3.63) is 51.8 Å². The highest BCUT2D eigenvalue weighted by Gasteiger charge is 2.51. The molecule has 1 saturated carbocycles. The Morgan fingerprint density at radius 1 is 1.33 bits per heavy atom. The van der Waals surface area contributed by atoms with Crippen molar-refractivity contribution in [3.63, 3.8) is 0 Å². The molecule has 2 aromatic rings. The summed E-state index contributed by atoms with van der Waals surface area (Å²) in [5, 5.41) is 18.2. The second-order valence-electron chi connectivity index (χ2n) is 5.47. The second kappa shape index (κ2) is 4.74. The van der Waals surface area contributed by atoms with E-state index in [0.29, 0.717) is 17.1 Å². The maximum absolute atomic E-state index is 10.7. The number of halogens is 1. The number of hydrogen-bond acceptors (Lipinski definition) is 4. The van der Waals surface area contributed by atoms with Gasteiger partial charge in [0.05, 0.1) is 16.5 Å². The highest BCUT2D eigenvalue weighted by atomic mass is 35.5. The average molecular weight is 322 g/mol. The Hall–Kier alpha value is -1.53. The summed E-state index contributed by atoms with van der Waals surface area (Å²) in [6.45, 7) is 0. The smallest absolute Gasteiger partial charge is 0.269 e. The first-order valence-corrected chi connectivity index (χ1v) is 8.05. The fourth-order valence-electron chi connectivity index (χ4n) is 3.42. The van der Waals surface area contributed by atoms with Crippen LogP contribution in [0.2, 0.25) is 0 Å². The average Bonchev–Trinajstić information content (AvgIpc) is 3.13. The molecule has 1 fully saturated rings. The van der Waals surface area contributed by atoms with Gasteiger partial charge in [0.15, 0.2) is 0 Å². The number of benzene rings is 1. The lowest BCUT2D eigenvalue weighted by Crippen LogP contribution is -2.24. The summed E-state index contributed by atoms with van der Waals surface area (Å²) in [7, 11) is 0. The van der Waals surface area contributed by atoms with Gasteiger partial charge in [0.2, 0.25) is 0 Å². The lowest BCUT2D eigenvalue weighted by Gasteiger charge is -2.25. The Bertz CT molecular complexity index is 702. The maximum Gasteiger partial charge on any atom is 0.269 e. The monoisotopic (exact) mass is 321 g/mol. The fourth-order valence-corrected chi connectivity index (χ4v) is 5.33. The molecule has 1 heterocycles. The van der Waals surface area contributed by atoms with E-state index in [4.69, 9.17) is 11.6 Å². The van der Waals surface area contributed by atoms with Gasteiger partial charge in [0.1, 0.15) is 0 Å². The maximum atomic E-state index is 10.7. The minimum absolute atomic E-state index is 0.0724. The summed E-state index contributed by atoms with van der Waals surface area (Å²) < 4.78 is 0. The van der Waals surface area contributed by atoms with Gasteiger partial charge in [-0.05, 0) is 24.1 Å². The van der Waals surface area contributed by atoms with Gasteiger partial charge in [0, 0.05) is 39.8 Å². The van der Waals surface area contributed by atoms with E-state index in [1.54, 1.807) is 36.0 Å². The number of nitrogens with zero attached hydrogens (tertiary/aromatic N) is 2. The number of nitro groups is 1. The molecule has 1 aromatic carbocycles. The number of non-ortho nitro benzene ring substituents is 1. The second-order valence-corrected chi connectivity index (χ2v) is 7.22. The van der Waals surface area contributed by atoms with Crippen molar-refractivity contribution in [2.24, 2.45) is 0 Å². The number of hydrogen-bond donors (Lipinski definition) is 1. The molecule has 0 saturated heterocycles. The van der Waals surface area contributed by atoms with Crippen LogP contribution in [0.25, 0.3) is 0 Å². The summed E-state index contributed by atoms with van der Waals surface area (Å²) in [6.07, 6.45) is 2.98. The number of H-pyrrole nitrogens is 1. The molecule has 0 aliphatic heterocycles. The van der Waals surface area contributed by atoms with Crippen LogP contribution >= 0.6 is 23.4 Å². The van der Waals surface area contributed by atoms with E-state index >= 15 is 0 Å². The topological polar surface area (TPSA) is 71.8 Å². The first-order valence-electron chi connectivity index (χ1n) is 6.73. The molecule has 2 aliphatic carbocycles. The van der Waals surface area contributed by atoms with Crippen LogP contribution in [0.3, 0.4) is 0 Å². The summed E-state index contributed by atoms with van der Waals surface area (Å²) in [5.74, 6) is 0.774. The molecule has 2 aliphatic rings. The first kappa shape index (κ1) is 13.2. The fraction of sp³-hybridized carbons (Fsp3) is 0.357. The normalized spacial score (nSPS) is 29.6. The van der Waals surface area contributed by atoms with Crippen molar-refractivity contribution in [2.75, 3.05) is 0 Å². The molecule has 1 aromatic heterocycles. The summed E-state index contributed by atoms with van der Waals surface area (Å²) in [6, 6.07) is 6.69. The van der Waals surface area contributed by atoms with Gasteiger partial charge < -0.3 is 0 Å². The number of aromatic amines is 1. The molecule has 108 valence electrons. The lowest BCUT2D eigenvalue weighted by molar-refractivity contribution is -0.384. The SMILES string of the molecule is O=[N+]([O-])c1ccc(S[C@@H]2[C@@H](Cl)[C@@H]3C[C@H]2c2cn[nH]c23)cc1. The predicted molar refractivity (Wildman–Crippen MR) is 81.1 cm³/mol. The zero-order valence-corrected chi connectivity index (χ0v) is 12.5. The van der Waals surface area contributed by atoms with Crippen LogP contribution < -0.4 is 0 Å². The van der Waals surface area contributed by atoms with Gasteiger partial charge in [-0.1, -0.05) is 0 Å². The molecule has 0 amide bonds. The first-order chi connectivity index (χ1) is 10.1. The van der Waals surface area contributed by atoms with Gasteiger partial charge in [-0.15, -0.1) is 23.4 Å². The molecule has 21 heavy (non-hydrogen) atoms. The molecular formula is C14H12ClN3O2S. The number of thioether (sulfide) groups is 1. The van der Waals surface area contributed by atoms with Crippen LogP contribution in [0.5, 0.6) is 0 Å². The van der Waals surface area contributed by atoms with E-state index in [-0.39, 0.29) is 16.0 Å². The van der Waals surface area contributed by atoms with Gasteiger partial charge in [0.25, 0.3) is 5.69 Å². The third-order valence-electron chi connectivity index (χ3n) is 4.39. The zero-order chi connectivity index (χ0) is 14.6. The van der Waals surface area contributed by atoms with Crippen molar-refractivity contribution >= 4 is 29.1 Å². The van der Waals surface area contributed by atoms with E-state index in [9.17, 15) is 10.1 Å². The molecule has 1 N–H and O–H groups in total. The largest absolute Gasteiger partial charge is 0.282 e. The molecule has 7 heteroatoms. The Kier molecular flexibility index (Phi) is 2.97. The molecule has 0 spiro atoms. The number of rotatable bonds is 3. The standard InChI is InChI=1S/C14H12ClN3O2S/c15-12-10-5-9(11-6-16-17-13(10)11)14(12)21-8-3-1-7(2-4-8)18(19)20/h1-4,6,9-10,12,14H,5H2,(H,16,17)/t9-,10-,12-,14-/m0/s1. The Labute approximate surface area is 130 Å². The van der Waals surface area contributed by atoms with Gasteiger partial charge in [-0.25, -0.2) is 0 Å². The van der Waals surface area contributed by atoms with Crippen LogP contribution in [-0.4, -0.2) is 25.7 Å². The molecule has 4 atom stereocenters. The molecule has 4 rings (SSSR count). The minimum atomic E-state index is -0.381. The van der Waals surface area contributed by atoms with E-state index in [1.165, 1.54) is 11.3 Å². The zero-order valence-electron chi connectivity index (χ0n) is 10.9. The quantitative estimate of drug-likeness (QED) is 0.532. The predicted octanol–water partition coefficient (Wildman–Crippen LogP) is 3.67. The van der Waals surface area contributed by atoms with Crippen molar-refractivity contribution in [3.8, 4) is 0 Å². The molecule has 0 unspecified atom stereocenters. The third-order valence-corrected chi connectivity index (χ3v) is 6.56. The summed E-state index contributed by atoms with van der Waals surface area (Å²) >= 11 is 8.33. The van der Waals surface area contributed by atoms with Crippen molar-refractivity contribution < 1.29 is 4.92 Å². The number of nitro benzene ring substituents is 1. The molecular weight excluding hydrogens is 310 g/mol. The van der Waals surface area contributed by atoms with E-state index in [1.807, 2.05) is 6.20 Å². The summed E-state index contributed by atoms with van der Waals surface area (Å²) in [4.78, 5) is 11.3. The number of alkyl halides is 1. The number of aromatic nitrogens is 2. The Morgan fingerprint density at radius 3 is 2.81 bits per heavy atom. The van der Waals surface area contributed by atoms with Crippen LogP contribution in [0.1, 0.15) is 29.5 Å². The van der Waals surface area contributed by atoms with Crippen molar-refractivity contribution in [1.82, 2.24) is 10.2 Å². The van der Waals surface area contributed by atoms with Gasteiger partial charge in [-0.2, -0.15) is 5.10 Å². The lowest BCUT2D eigenvalue weighted by atomic mass is 9.97. The van der Waals surface area contributed by atoms with Crippen molar-refractivity contribution in [2.45, 2.75) is 33.8 Å². The van der Waals surface area contributed by atoms with E-state index < -0.39 is 0 Å². The third kappa shape index (κ3) is 1.97. The molecule has 2 bridgehead atoms. The highest BCUT2D eigenvalue weighted by molar-refractivity contribution is 8.00. The van der Waals surface area contributed by atoms with Gasteiger partial charge >= 0.3 is 0 Å². The van der Waals surface area contributed by atoms with Crippen LogP contribution in [0, 0.1) is 10.1 Å². The number of nitrogens with one attached hydrogen (secondary N) is 1. The highest BCUT2D eigenvalue weighted by Crippen LogP contribution is 2.59. The summed E-state index contributed by atoms with van der Waals surface area (Å²) in [5.41, 5.74) is 2.60. The van der Waals surface area contributed by atoms with E-state index in [0.717, 1.165) is 11.3 Å². The van der Waals surface area contributed by atoms with E-state index in [2.05, 4.69) is 10.2 Å². The minimum Gasteiger partial charge on any atom is -0.282 e. The van der Waals surface area contributed by atoms with Crippen LogP contribution in [0.15, 0.2) is 35.4 Å². The van der Waals surface area contributed by atoms with Gasteiger partial charge in [-0.3, -0.25) is 15.2 Å². The Balaban J connectivity index is 1.57. The number of fused-ring (bicyclic) bond motifs is 5. The van der Waals surface area contributed by atoms with Crippen LogP contribution in [0.4, 0.5) is 5.69 Å². The molecule has 5 nitrogen and oxygen atoms in total. The Morgan fingerprint density at radius 2 is 2.10 bits per heavy atom. The van der Waals surface area contributed by atoms with Crippen LogP contribution in [-0.2, 0) is 0 Å². The van der Waals surface area contributed by atoms with Crippen molar-refractivity contribution in [1.29, 1.82) is 0 Å².